The fourth-order valence-electron chi connectivity index (χ4n) is 2.26. The van der Waals surface area contributed by atoms with Crippen LogP contribution >= 0.6 is 0 Å². The number of hydrogen-bond acceptors (Lipinski definition) is 3. The highest BCUT2D eigenvalue weighted by Crippen LogP contribution is 2.15. The molecule has 15 heavy (non-hydrogen) atoms. The van der Waals surface area contributed by atoms with Gasteiger partial charge in [0.1, 0.15) is 0 Å². The van der Waals surface area contributed by atoms with Crippen LogP contribution in [0, 0.1) is 5.92 Å². The van der Waals surface area contributed by atoms with E-state index in [9.17, 15) is 5.11 Å². The molecule has 3 nitrogen and oxygen atoms in total. The zero-order valence-corrected chi connectivity index (χ0v) is 10.4. The van der Waals surface area contributed by atoms with Gasteiger partial charge in [0, 0.05) is 13.1 Å². The minimum Gasteiger partial charge on any atom is -0.389 e. The van der Waals surface area contributed by atoms with Crippen LogP contribution in [0.15, 0.2) is 0 Å². The lowest BCUT2D eigenvalue weighted by atomic mass is 9.96. The number of likely N-dealkylation sites (N-methyl/N-ethyl adjacent to an activating group) is 1. The molecule has 0 bridgehead atoms. The smallest absolute Gasteiger partial charge is 0.0743 e. The maximum atomic E-state index is 9.97. The summed E-state index contributed by atoms with van der Waals surface area (Å²) in [5.41, 5.74) is -0.526. The molecule has 1 atom stereocenters. The van der Waals surface area contributed by atoms with Crippen LogP contribution in [-0.4, -0.2) is 48.8 Å². The van der Waals surface area contributed by atoms with Crippen molar-refractivity contribution in [3.05, 3.63) is 0 Å². The van der Waals surface area contributed by atoms with Crippen molar-refractivity contribution in [2.75, 3.05) is 33.2 Å². The Morgan fingerprint density at radius 3 is 2.53 bits per heavy atom. The average Bonchev–Trinajstić information content (AvgIpc) is 2.18. The van der Waals surface area contributed by atoms with E-state index < -0.39 is 5.60 Å². The molecule has 1 unspecified atom stereocenters. The van der Waals surface area contributed by atoms with Gasteiger partial charge in [0.15, 0.2) is 0 Å². The predicted molar refractivity (Wildman–Crippen MR) is 64.0 cm³/mol. The summed E-state index contributed by atoms with van der Waals surface area (Å²) in [6.45, 7) is 8.18. The Hall–Kier alpha value is -0.120. The summed E-state index contributed by atoms with van der Waals surface area (Å²) in [5, 5.41) is 13.3. The van der Waals surface area contributed by atoms with Gasteiger partial charge in [-0.2, -0.15) is 0 Å². The van der Waals surface area contributed by atoms with Crippen molar-refractivity contribution < 1.29 is 5.11 Å². The summed E-state index contributed by atoms with van der Waals surface area (Å²) in [6, 6.07) is 0. The molecule has 0 aliphatic carbocycles. The topological polar surface area (TPSA) is 35.5 Å². The maximum Gasteiger partial charge on any atom is 0.0743 e. The third-order valence-corrected chi connectivity index (χ3v) is 3.40. The first-order valence-corrected chi connectivity index (χ1v) is 6.15. The van der Waals surface area contributed by atoms with E-state index in [2.05, 4.69) is 17.3 Å². The highest BCUT2D eigenvalue weighted by atomic mass is 16.3. The molecule has 0 radical (unpaired) electrons. The highest BCUT2D eigenvalue weighted by molar-refractivity contribution is 4.77. The maximum absolute atomic E-state index is 9.97. The minimum absolute atomic E-state index is 0.526. The molecule has 90 valence electrons. The van der Waals surface area contributed by atoms with Crippen LogP contribution in [0.5, 0.6) is 0 Å². The Bertz CT molecular complexity index is 176. The normalized spacial score (nSPS) is 23.0. The number of aliphatic hydroxyl groups is 1. The summed E-state index contributed by atoms with van der Waals surface area (Å²) in [4.78, 5) is 2.28. The van der Waals surface area contributed by atoms with Crippen LogP contribution in [0.4, 0.5) is 0 Å². The van der Waals surface area contributed by atoms with E-state index in [1.54, 1.807) is 0 Å². The van der Waals surface area contributed by atoms with Crippen molar-refractivity contribution in [3.8, 4) is 0 Å². The molecule has 1 saturated heterocycles. The van der Waals surface area contributed by atoms with Gasteiger partial charge in [0.2, 0.25) is 0 Å². The van der Waals surface area contributed by atoms with Crippen molar-refractivity contribution in [1.82, 2.24) is 10.2 Å². The first-order valence-electron chi connectivity index (χ1n) is 6.15. The van der Waals surface area contributed by atoms with Gasteiger partial charge >= 0.3 is 0 Å². The van der Waals surface area contributed by atoms with Gasteiger partial charge in [-0.15, -0.1) is 0 Å². The van der Waals surface area contributed by atoms with Crippen LogP contribution in [-0.2, 0) is 0 Å². The van der Waals surface area contributed by atoms with Gasteiger partial charge in [-0.05, 0) is 52.2 Å². The van der Waals surface area contributed by atoms with Gasteiger partial charge in [-0.3, -0.25) is 0 Å². The molecule has 0 aromatic heterocycles. The van der Waals surface area contributed by atoms with Gasteiger partial charge in [-0.25, -0.2) is 0 Å². The Kier molecular flexibility index (Phi) is 5.03. The molecule has 0 aromatic carbocycles. The summed E-state index contributed by atoms with van der Waals surface area (Å²) in [5.74, 6) is 0.809. The van der Waals surface area contributed by atoms with Gasteiger partial charge in [0.05, 0.1) is 5.60 Å². The SMILES string of the molecule is CCC(C)(O)CN(C)CC1CCNCC1. The number of nitrogens with one attached hydrogen (secondary N) is 1. The largest absolute Gasteiger partial charge is 0.389 e. The lowest BCUT2D eigenvalue weighted by Gasteiger charge is -2.32. The number of rotatable bonds is 5. The van der Waals surface area contributed by atoms with Crippen molar-refractivity contribution in [3.63, 3.8) is 0 Å². The Labute approximate surface area is 93.9 Å². The first kappa shape index (κ1) is 12.9. The third kappa shape index (κ3) is 4.96. The molecule has 1 heterocycles. The summed E-state index contributed by atoms with van der Waals surface area (Å²) >= 11 is 0. The van der Waals surface area contributed by atoms with E-state index >= 15 is 0 Å². The van der Waals surface area contributed by atoms with E-state index in [0.29, 0.717) is 0 Å². The molecule has 0 saturated carbocycles. The van der Waals surface area contributed by atoms with E-state index in [0.717, 1.165) is 38.5 Å². The second-order valence-electron chi connectivity index (χ2n) is 5.24. The highest BCUT2D eigenvalue weighted by Gasteiger charge is 2.22. The van der Waals surface area contributed by atoms with E-state index in [1.165, 1.54) is 12.8 Å². The summed E-state index contributed by atoms with van der Waals surface area (Å²) in [6.07, 6.45) is 3.38. The molecule has 0 spiro atoms. The quantitative estimate of drug-likeness (QED) is 0.719. The lowest BCUT2D eigenvalue weighted by molar-refractivity contribution is 0.0188. The van der Waals surface area contributed by atoms with E-state index in [-0.39, 0.29) is 0 Å². The van der Waals surface area contributed by atoms with Crippen molar-refractivity contribution in [2.24, 2.45) is 5.92 Å². The van der Waals surface area contributed by atoms with Crippen LogP contribution in [0.2, 0.25) is 0 Å². The van der Waals surface area contributed by atoms with Crippen molar-refractivity contribution in [2.45, 2.75) is 38.7 Å². The number of piperidine rings is 1. The molecule has 1 rings (SSSR count). The Balaban J connectivity index is 2.25. The lowest BCUT2D eigenvalue weighted by Crippen LogP contribution is -2.42. The fourth-order valence-corrected chi connectivity index (χ4v) is 2.26. The second-order valence-corrected chi connectivity index (χ2v) is 5.24. The minimum atomic E-state index is -0.526. The summed E-state index contributed by atoms with van der Waals surface area (Å²) in [7, 11) is 2.12. The van der Waals surface area contributed by atoms with E-state index in [1.807, 2.05) is 13.8 Å². The van der Waals surface area contributed by atoms with Crippen LogP contribution < -0.4 is 5.32 Å². The molecule has 3 heteroatoms. The average molecular weight is 214 g/mol. The van der Waals surface area contributed by atoms with Gasteiger partial charge in [0.25, 0.3) is 0 Å². The Morgan fingerprint density at radius 2 is 2.00 bits per heavy atom. The fraction of sp³-hybridized carbons (Fsp3) is 1.00. The molecule has 1 fully saturated rings. The van der Waals surface area contributed by atoms with Crippen LogP contribution in [0.3, 0.4) is 0 Å². The molecule has 2 N–H and O–H groups in total. The standard InChI is InChI=1S/C12H26N2O/c1-4-12(2,15)10-14(3)9-11-5-7-13-8-6-11/h11,13,15H,4-10H2,1-3H3. The van der Waals surface area contributed by atoms with Crippen molar-refractivity contribution in [1.29, 1.82) is 0 Å². The third-order valence-electron chi connectivity index (χ3n) is 3.40. The molecule has 1 aliphatic heterocycles. The number of hydrogen-bond donors (Lipinski definition) is 2. The Morgan fingerprint density at radius 1 is 1.40 bits per heavy atom. The van der Waals surface area contributed by atoms with E-state index in [4.69, 9.17) is 0 Å². The zero-order chi connectivity index (χ0) is 11.3. The molecular formula is C12H26N2O. The first-order chi connectivity index (χ1) is 7.03. The molecule has 1 aliphatic rings. The monoisotopic (exact) mass is 214 g/mol. The van der Waals surface area contributed by atoms with Crippen LogP contribution in [0.25, 0.3) is 0 Å². The predicted octanol–water partition coefficient (Wildman–Crippen LogP) is 1.08. The summed E-state index contributed by atoms with van der Waals surface area (Å²) < 4.78 is 0. The van der Waals surface area contributed by atoms with Gasteiger partial charge < -0.3 is 15.3 Å². The second kappa shape index (κ2) is 5.83. The van der Waals surface area contributed by atoms with Gasteiger partial charge in [-0.1, -0.05) is 6.92 Å². The zero-order valence-electron chi connectivity index (χ0n) is 10.4. The van der Waals surface area contributed by atoms with Crippen molar-refractivity contribution >= 4 is 0 Å². The molecule has 0 amide bonds. The number of nitrogens with zero attached hydrogens (tertiary/aromatic N) is 1. The molecular weight excluding hydrogens is 188 g/mol. The molecule has 0 aromatic rings. The van der Waals surface area contributed by atoms with Crippen LogP contribution in [0.1, 0.15) is 33.1 Å².